The fourth-order valence-corrected chi connectivity index (χ4v) is 4.29. The van der Waals surface area contributed by atoms with Gasteiger partial charge in [-0.1, -0.05) is 12.8 Å². The summed E-state index contributed by atoms with van der Waals surface area (Å²) in [5.74, 6) is 0.581. The molecule has 32 heavy (non-hydrogen) atoms. The van der Waals surface area contributed by atoms with Gasteiger partial charge in [-0.05, 0) is 37.1 Å². The molecule has 0 bridgehead atoms. The Balaban J connectivity index is 1.54. The van der Waals surface area contributed by atoms with Gasteiger partial charge in [0.15, 0.2) is 11.5 Å². The number of rotatable bonds is 6. The van der Waals surface area contributed by atoms with Gasteiger partial charge in [-0.2, -0.15) is 10.4 Å². The van der Waals surface area contributed by atoms with Crippen LogP contribution in [0.1, 0.15) is 37.2 Å². The lowest BCUT2D eigenvalue weighted by molar-refractivity contribution is 0.139. The van der Waals surface area contributed by atoms with Gasteiger partial charge >= 0.3 is 0 Å². The molecule has 8 nitrogen and oxygen atoms in total. The molecule has 0 N–H and O–H groups in total. The smallest absolute Gasteiger partial charge is 0.177 e. The van der Waals surface area contributed by atoms with Gasteiger partial charge < -0.3 is 4.74 Å². The van der Waals surface area contributed by atoms with Crippen LogP contribution in [0.25, 0.3) is 28.0 Å². The SMILES string of the molecule is COCc1nc2cc(-c3nc(C#N)ccc3-c3cnn(CC4(F)CCCC4)c3)ccn2n1. The lowest BCUT2D eigenvalue weighted by Gasteiger charge is -2.18. The van der Waals surface area contributed by atoms with Crippen LogP contribution in [0.3, 0.4) is 0 Å². The fourth-order valence-electron chi connectivity index (χ4n) is 4.29. The summed E-state index contributed by atoms with van der Waals surface area (Å²) in [5, 5.41) is 18.2. The molecule has 4 heterocycles. The zero-order valence-corrected chi connectivity index (χ0v) is 17.7. The number of nitrogens with zero attached hydrogens (tertiary/aromatic N) is 7. The summed E-state index contributed by atoms with van der Waals surface area (Å²) in [4.78, 5) is 9.04. The largest absolute Gasteiger partial charge is 0.377 e. The minimum atomic E-state index is -1.19. The summed E-state index contributed by atoms with van der Waals surface area (Å²) in [6.45, 7) is 0.569. The molecule has 1 saturated carbocycles. The van der Waals surface area contributed by atoms with Crippen LogP contribution in [-0.4, -0.2) is 42.1 Å². The zero-order valence-electron chi connectivity index (χ0n) is 17.7. The number of pyridine rings is 2. The highest BCUT2D eigenvalue weighted by atomic mass is 19.1. The van der Waals surface area contributed by atoms with Gasteiger partial charge in [-0.25, -0.2) is 18.9 Å². The number of fused-ring (bicyclic) bond motifs is 1. The van der Waals surface area contributed by atoms with Crippen LogP contribution >= 0.6 is 0 Å². The van der Waals surface area contributed by atoms with E-state index >= 15 is 0 Å². The standard InChI is InChI=1S/C23H22FN7O/c1-32-14-20-28-21-10-16(6-9-31(21)29-20)22-19(5-4-18(11-25)27-22)17-12-26-30(13-17)15-23(24)7-2-3-8-23/h4-6,9-10,12-13H,2-3,7-8,14-15H2,1H3. The second-order valence-corrected chi connectivity index (χ2v) is 8.17. The third kappa shape index (κ3) is 3.85. The number of hydrogen-bond donors (Lipinski definition) is 0. The molecule has 0 aliphatic heterocycles. The second kappa shape index (κ2) is 8.13. The third-order valence-corrected chi connectivity index (χ3v) is 5.83. The monoisotopic (exact) mass is 431 g/mol. The Morgan fingerprint density at radius 3 is 2.81 bits per heavy atom. The molecule has 1 fully saturated rings. The summed E-state index contributed by atoms with van der Waals surface area (Å²) >= 11 is 0. The van der Waals surface area contributed by atoms with Crippen LogP contribution in [0.15, 0.2) is 42.9 Å². The molecule has 9 heteroatoms. The summed E-state index contributed by atoms with van der Waals surface area (Å²) in [6.07, 6.45) is 8.37. The number of hydrogen-bond acceptors (Lipinski definition) is 6. The highest BCUT2D eigenvalue weighted by molar-refractivity contribution is 5.81. The summed E-state index contributed by atoms with van der Waals surface area (Å²) in [6, 6.07) is 9.39. The van der Waals surface area contributed by atoms with E-state index in [0.29, 0.717) is 42.3 Å². The first-order valence-electron chi connectivity index (χ1n) is 10.5. The number of alkyl halides is 1. The Morgan fingerprint density at radius 2 is 2.03 bits per heavy atom. The van der Waals surface area contributed by atoms with Crippen LogP contribution < -0.4 is 0 Å². The Morgan fingerprint density at radius 1 is 1.19 bits per heavy atom. The van der Waals surface area contributed by atoms with Crippen molar-refractivity contribution in [2.45, 2.75) is 44.5 Å². The van der Waals surface area contributed by atoms with E-state index < -0.39 is 5.67 Å². The zero-order chi connectivity index (χ0) is 22.1. The molecule has 1 aliphatic rings. The Bertz CT molecular complexity index is 1310. The Hall–Kier alpha value is -3.64. The van der Waals surface area contributed by atoms with Crippen molar-refractivity contribution in [1.29, 1.82) is 5.26 Å². The fraction of sp³-hybridized carbons (Fsp3) is 0.348. The summed E-state index contributed by atoms with van der Waals surface area (Å²) in [7, 11) is 1.60. The van der Waals surface area contributed by atoms with Gasteiger partial charge in [0.2, 0.25) is 0 Å². The van der Waals surface area contributed by atoms with E-state index in [4.69, 9.17) is 4.74 Å². The highest BCUT2D eigenvalue weighted by Gasteiger charge is 2.34. The minimum Gasteiger partial charge on any atom is -0.377 e. The molecule has 5 rings (SSSR count). The van der Waals surface area contributed by atoms with Gasteiger partial charge in [0.25, 0.3) is 0 Å². The topological polar surface area (TPSA) is 93.9 Å². The second-order valence-electron chi connectivity index (χ2n) is 8.17. The van der Waals surface area contributed by atoms with Gasteiger partial charge in [-0.3, -0.25) is 4.68 Å². The van der Waals surface area contributed by atoms with Crippen LogP contribution in [-0.2, 0) is 17.9 Å². The maximum absolute atomic E-state index is 14.9. The van der Waals surface area contributed by atoms with Crippen molar-refractivity contribution in [3.63, 3.8) is 0 Å². The number of nitriles is 1. The summed E-state index contributed by atoms with van der Waals surface area (Å²) in [5.41, 5.74) is 2.85. The minimum absolute atomic E-state index is 0.250. The van der Waals surface area contributed by atoms with Crippen molar-refractivity contribution in [2.24, 2.45) is 0 Å². The van der Waals surface area contributed by atoms with E-state index in [9.17, 15) is 9.65 Å². The van der Waals surface area contributed by atoms with Crippen LogP contribution in [0.5, 0.6) is 0 Å². The van der Waals surface area contributed by atoms with Crippen LogP contribution in [0, 0.1) is 11.3 Å². The molecule has 1 aliphatic carbocycles. The predicted molar refractivity (Wildman–Crippen MR) is 115 cm³/mol. The van der Waals surface area contributed by atoms with Crippen molar-refractivity contribution < 1.29 is 9.13 Å². The molecule has 0 radical (unpaired) electrons. The lowest BCUT2D eigenvalue weighted by atomic mass is 10.0. The van der Waals surface area contributed by atoms with E-state index in [1.54, 1.807) is 34.8 Å². The average molecular weight is 431 g/mol. The van der Waals surface area contributed by atoms with Gasteiger partial charge in [0.1, 0.15) is 24.0 Å². The van der Waals surface area contributed by atoms with E-state index in [-0.39, 0.29) is 6.54 Å². The highest BCUT2D eigenvalue weighted by Crippen LogP contribution is 2.36. The molecule has 4 aromatic rings. The number of methoxy groups -OCH3 is 1. The molecule has 0 saturated heterocycles. The van der Waals surface area contributed by atoms with Gasteiger partial charge in [0.05, 0.1) is 18.4 Å². The van der Waals surface area contributed by atoms with E-state index in [0.717, 1.165) is 29.5 Å². The van der Waals surface area contributed by atoms with Crippen molar-refractivity contribution in [1.82, 2.24) is 29.4 Å². The quantitative estimate of drug-likeness (QED) is 0.459. The lowest BCUT2D eigenvalue weighted by Crippen LogP contribution is -2.25. The summed E-state index contributed by atoms with van der Waals surface area (Å²) < 4.78 is 23.4. The number of aromatic nitrogens is 6. The molecule has 162 valence electrons. The third-order valence-electron chi connectivity index (χ3n) is 5.83. The molecular formula is C23H22FN7O. The molecule has 0 unspecified atom stereocenters. The predicted octanol–water partition coefficient (Wildman–Crippen LogP) is 3.96. The van der Waals surface area contributed by atoms with E-state index in [2.05, 4.69) is 26.2 Å². The van der Waals surface area contributed by atoms with Crippen LogP contribution in [0.4, 0.5) is 4.39 Å². The first kappa shape index (κ1) is 20.3. The van der Waals surface area contributed by atoms with Crippen molar-refractivity contribution in [3.05, 3.63) is 54.4 Å². The average Bonchev–Trinajstić information content (AvgIpc) is 3.53. The maximum Gasteiger partial charge on any atom is 0.177 e. The van der Waals surface area contributed by atoms with Crippen molar-refractivity contribution in [3.8, 4) is 28.5 Å². The molecule has 0 spiro atoms. The molecule has 0 amide bonds. The Kier molecular flexibility index (Phi) is 5.15. The normalized spacial score (nSPS) is 15.3. The number of halogens is 1. The molecule has 4 aromatic heterocycles. The number of ether oxygens (including phenoxy) is 1. The van der Waals surface area contributed by atoms with Crippen LogP contribution in [0.2, 0.25) is 0 Å². The van der Waals surface area contributed by atoms with Crippen molar-refractivity contribution >= 4 is 5.65 Å². The molecular weight excluding hydrogens is 409 g/mol. The van der Waals surface area contributed by atoms with E-state index in [1.807, 2.05) is 24.4 Å². The molecule has 0 aromatic carbocycles. The maximum atomic E-state index is 14.9. The van der Waals surface area contributed by atoms with Crippen molar-refractivity contribution in [2.75, 3.05) is 7.11 Å². The van der Waals surface area contributed by atoms with Gasteiger partial charge in [-0.15, -0.1) is 5.10 Å². The molecule has 0 atom stereocenters. The Labute approximate surface area is 184 Å². The van der Waals surface area contributed by atoms with E-state index in [1.165, 1.54) is 0 Å². The first-order chi connectivity index (χ1) is 15.6. The first-order valence-corrected chi connectivity index (χ1v) is 10.5. The van der Waals surface area contributed by atoms with Gasteiger partial charge in [0, 0.05) is 36.2 Å².